The number of amides is 2. The van der Waals surface area contributed by atoms with Crippen LogP contribution in [0.15, 0.2) is 0 Å². The Labute approximate surface area is 195 Å². The van der Waals surface area contributed by atoms with Crippen LogP contribution in [0.3, 0.4) is 0 Å². The summed E-state index contributed by atoms with van der Waals surface area (Å²) in [5.41, 5.74) is 0. The Bertz CT molecular complexity index is 765. The third-order valence-electron chi connectivity index (χ3n) is 6.73. The van der Waals surface area contributed by atoms with Gasteiger partial charge in [-0.15, -0.1) is 10.2 Å². The second-order valence-corrected chi connectivity index (χ2v) is 10.1. The highest BCUT2D eigenvalue weighted by Crippen LogP contribution is 2.32. The number of carbonyl (C=O) groups is 2. The van der Waals surface area contributed by atoms with Gasteiger partial charge in [0.05, 0.1) is 5.92 Å². The number of hydrogen-bond acceptors (Lipinski definition) is 8. The fourth-order valence-electron chi connectivity index (χ4n) is 4.87. The van der Waals surface area contributed by atoms with Crippen molar-refractivity contribution in [3.63, 3.8) is 0 Å². The average Bonchev–Trinajstić information content (AvgIpc) is 3.47. The third-order valence-corrected chi connectivity index (χ3v) is 7.73. The monoisotopic (exact) mass is 463 g/mol. The maximum Gasteiger partial charge on any atom is 0.228 e. The highest BCUT2D eigenvalue weighted by Gasteiger charge is 2.30. The normalized spacial score (nSPS) is 23.2. The fraction of sp³-hybridized carbons (Fsp3) is 0.818. The molecule has 4 heterocycles. The molecule has 178 valence electrons. The first-order valence-corrected chi connectivity index (χ1v) is 13.1. The lowest BCUT2D eigenvalue weighted by Gasteiger charge is -2.34. The van der Waals surface area contributed by atoms with Gasteiger partial charge < -0.3 is 20.0 Å². The number of nitrogens with one attached hydrogen (secondary N) is 1. The SMILES string of the molecule is CCCN1CCN(CCCNC(=O)C2CCCN(c3nnc(N4CCCC4=O)s3)C2)CC1. The maximum atomic E-state index is 12.8. The zero-order valence-electron chi connectivity index (χ0n) is 19.3. The van der Waals surface area contributed by atoms with Gasteiger partial charge in [0, 0.05) is 58.8 Å². The largest absolute Gasteiger partial charge is 0.356 e. The Balaban J connectivity index is 1.17. The summed E-state index contributed by atoms with van der Waals surface area (Å²) in [7, 11) is 0. The molecular formula is C22H37N7O2S. The van der Waals surface area contributed by atoms with Crippen LogP contribution >= 0.6 is 11.3 Å². The molecule has 1 unspecified atom stereocenters. The molecule has 0 radical (unpaired) electrons. The first-order chi connectivity index (χ1) is 15.6. The van der Waals surface area contributed by atoms with E-state index in [1.165, 1.54) is 24.3 Å². The molecule has 32 heavy (non-hydrogen) atoms. The van der Waals surface area contributed by atoms with Gasteiger partial charge in [-0.05, 0) is 45.2 Å². The molecule has 3 saturated heterocycles. The summed E-state index contributed by atoms with van der Waals surface area (Å²) in [6.07, 6.45) is 5.59. The molecule has 0 spiro atoms. The first-order valence-electron chi connectivity index (χ1n) is 12.2. The van der Waals surface area contributed by atoms with Gasteiger partial charge in [-0.2, -0.15) is 0 Å². The zero-order chi connectivity index (χ0) is 22.3. The Morgan fingerprint density at radius 1 is 1.03 bits per heavy atom. The van der Waals surface area contributed by atoms with E-state index in [-0.39, 0.29) is 17.7 Å². The summed E-state index contributed by atoms with van der Waals surface area (Å²) in [4.78, 5) is 33.7. The van der Waals surface area contributed by atoms with Crippen LogP contribution in [0.4, 0.5) is 10.3 Å². The maximum absolute atomic E-state index is 12.8. The van der Waals surface area contributed by atoms with Gasteiger partial charge in [-0.1, -0.05) is 18.3 Å². The van der Waals surface area contributed by atoms with Crippen LogP contribution < -0.4 is 15.1 Å². The molecule has 0 aromatic carbocycles. The van der Waals surface area contributed by atoms with Crippen molar-refractivity contribution >= 4 is 33.4 Å². The summed E-state index contributed by atoms with van der Waals surface area (Å²) < 4.78 is 0. The van der Waals surface area contributed by atoms with Gasteiger partial charge >= 0.3 is 0 Å². The Morgan fingerprint density at radius 2 is 1.78 bits per heavy atom. The quantitative estimate of drug-likeness (QED) is 0.555. The third kappa shape index (κ3) is 5.96. The summed E-state index contributed by atoms with van der Waals surface area (Å²) in [5, 5.41) is 13.2. The molecule has 0 aliphatic carbocycles. The molecule has 1 atom stereocenters. The smallest absolute Gasteiger partial charge is 0.228 e. The fourth-order valence-corrected chi connectivity index (χ4v) is 5.80. The standard InChI is InChI=1S/C22H37N7O2S/c1-2-9-26-13-15-27(16-14-26)10-5-8-23-20(31)18-6-3-11-28(17-18)21-24-25-22(32-21)29-12-4-7-19(29)30/h18H,2-17H2,1H3,(H,23,31). The minimum absolute atomic E-state index is 0.0119. The van der Waals surface area contributed by atoms with Gasteiger partial charge in [-0.25, -0.2) is 0 Å². The van der Waals surface area contributed by atoms with E-state index < -0.39 is 0 Å². The minimum atomic E-state index is -0.0119. The number of rotatable bonds is 9. The predicted molar refractivity (Wildman–Crippen MR) is 127 cm³/mol. The lowest BCUT2D eigenvalue weighted by molar-refractivity contribution is -0.125. The minimum Gasteiger partial charge on any atom is -0.356 e. The van der Waals surface area contributed by atoms with Crippen molar-refractivity contribution in [2.75, 3.05) is 75.2 Å². The molecule has 3 fully saturated rings. The number of aromatic nitrogens is 2. The van der Waals surface area contributed by atoms with E-state index >= 15 is 0 Å². The van der Waals surface area contributed by atoms with Gasteiger partial charge in [0.25, 0.3) is 0 Å². The van der Waals surface area contributed by atoms with E-state index in [0.29, 0.717) is 18.1 Å². The van der Waals surface area contributed by atoms with E-state index in [4.69, 9.17) is 0 Å². The second kappa shape index (κ2) is 11.4. The number of carbonyl (C=O) groups excluding carboxylic acids is 2. The molecule has 1 aromatic heterocycles. The summed E-state index contributed by atoms with van der Waals surface area (Å²) in [6.45, 7) is 12.1. The van der Waals surface area contributed by atoms with Crippen LogP contribution in [0.2, 0.25) is 0 Å². The van der Waals surface area contributed by atoms with Gasteiger partial charge in [0.15, 0.2) is 0 Å². The van der Waals surface area contributed by atoms with Crippen molar-refractivity contribution in [1.82, 2.24) is 25.3 Å². The molecule has 10 heteroatoms. The predicted octanol–water partition coefficient (Wildman–Crippen LogP) is 1.42. The van der Waals surface area contributed by atoms with Crippen LogP contribution in [0.5, 0.6) is 0 Å². The van der Waals surface area contributed by atoms with Crippen molar-refractivity contribution in [2.24, 2.45) is 5.92 Å². The van der Waals surface area contributed by atoms with E-state index in [9.17, 15) is 9.59 Å². The summed E-state index contributed by atoms with van der Waals surface area (Å²) in [6, 6.07) is 0. The van der Waals surface area contributed by atoms with Crippen LogP contribution in [-0.2, 0) is 9.59 Å². The lowest BCUT2D eigenvalue weighted by atomic mass is 9.97. The zero-order valence-corrected chi connectivity index (χ0v) is 20.1. The van der Waals surface area contributed by atoms with E-state index in [1.807, 2.05) is 0 Å². The van der Waals surface area contributed by atoms with E-state index in [2.05, 4.69) is 37.1 Å². The Hall–Kier alpha value is -1.78. The number of anilines is 2. The summed E-state index contributed by atoms with van der Waals surface area (Å²) >= 11 is 1.46. The van der Waals surface area contributed by atoms with Crippen LogP contribution in [0, 0.1) is 5.92 Å². The molecule has 0 bridgehead atoms. The lowest BCUT2D eigenvalue weighted by Crippen LogP contribution is -2.47. The van der Waals surface area contributed by atoms with Crippen molar-refractivity contribution in [3.8, 4) is 0 Å². The van der Waals surface area contributed by atoms with Crippen LogP contribution in [0.1, 0.15) is 45.4 Å². The van der Waals surface area contributed by atoms with Gasteiger partial charge in [0.1, 0.15) is 0 Å². The van der Waals surface area contributed by atoms with Crippen LogP contribution in [0.25, 0.3) is 0 Å². The highest BCUT2D eigenvalue weighted by molar-refractivity contribution is 7.19. The Kier molecular flexibility index (Phi) is 8.31. The molecule has 2 amide bonds. The van der Waals surface area contributed by atoms with E-state index in [0.717, 1.165) is 83.2 Å². The van der Waals surface area contributed by atoms with Gasteiger partial charge in [-0.3, -0.25) is 14.5 Å². The average molecular weight is 464 g/mol. The Morgan fingerprint density at radius 3 is 2.50 bits per heavy atom. The van der Waals surface area contributed by atoms with Gasteiger partial charge in [0.2, 0.25) is 22.1 Å². The summed E-state index contributed by atoms with van der Waals surface area (Å²) in [5.74, 6) is 0.274. The first kappa shape index (κ1) is 23.4. The molecule has 3 aliphatic rings. The van der Waals surface area contributed by atoms with Crippen molar-refractivity contribution < 1.29 is 9.59 Å². The van der Waals surface area contributed by atoms with Crippen molar-refractivity contribution in [3.05, 3.63) is 0 Å². The topological polar surface area (TPSA) is 84.9 Å². The van der Waals surface area contributed by atoms with Crippen molar-refractivity contribution in [1.29, 1.82) is 0 Å². The molecule has 9 nitrogen and oxygen atoms in total. The van der Waals surface area contributed by atoms with E-state index in [1.54, 1.807) is 4.90 Å². The molecular weight excluding hydrogens is 426 g/mol. The number of hydrogen-bond donors (Lipinski definition) is 1. The molecule has 1 aromatic rings. The highest BCUT2D eigenvalue weighted by atomic mass is 32.1. The van der Waals surface area contributed by atoms with Crippen molar-refractivity contribution in [2.45, 2.75) is 45.4 Å². The molecule has 0 saturated carbocycles. The number of piperidine rings is 1. The van der Waals surface area contributed by atoms with Crippen LogP contribution in [-0.4, -0.2) is 97.3 Å². The molecule has 1 N–H and O–H groups in total. The molecule has 4 rings (SSSR count). The molecule has 3 aliphatic heterocycles. The number of nitrogens with zero attached hydrogens (tertiary/aromatic N) is 6. The second-order valence-electron chi connectivity index (χ2n) is 9.13. The number of piperazine rings is 1.